The van der Waals surface area contributed by atoms with Crippen LogP contribution in [-0.2, 0) is 10.8 Å². The molecule has 2 N–H and O–H groups in total. The van der Waals surface area contributed by atoms with Gasteiger partial charge in [-0.1, -0.05) is 5.18 Å². The standard InChI is InChI=1S/C6H12N2O2S/c7-3-5-1-2-11(10)4-6(5)8-9/h5-6H,1-4,7H2. The summed E-state index contributed by atoms with van der Waals surface area (Å²) in [5.74, 6) is 1.24. The predicted octanol–water partition coefficient (Wildman–Crippen LogP) is -0.151. The Bertz CT molecular complexity index is 174. The van der Waals surface area contributed by atoms with Gasteiger partial charge in [-0.2, -0.15) is 4.91 Å². The lowest BCUT2D eigenvalue weighted by atomic mass is 9.99. The van der Waals surface area contributed by atoms with Crippen LogP contribution in [0.3, 0.4) is 0 Å². The van der Waals surface area contributed by atoms with Crippen LogP contribution in [0.5, 0.6) is 0 Å². The number of nitroso groups, excluding NO2 is 1. The minimum absolute atomic E-state index is 0.158. The Kier molecular flexibility index (Phi) is 3.14. The van der Waals surface area contributed by atoms with Crippen molar-refractivity contribution in [1.82, 2.24) is 0 Å². The summed E-state index contributed by atoms with van der Waals surface area (Å²) in [5, 5.41) is 2.93. The van der Waals surface area contributed by atoms with E-state index in [2.05, 4.69) is 5.18 Å². The highest BCUT2D eigenvalue weighted by atomic mass is 32.2. The molecule has 1 heterocycles. The van der Waals surface area contributed by atoms with E-state index in [1.807, 2.05) is 0 Å². The molecule has 4 nitrogen and oxygen atoms in total. The van der Waals surface area contributed by atoms with Crippen molar-refractivity contribution >= 4 is 10.8 Å². The minimum Gasteiger partial charge on any atom is -0.330 e. The first kappa shape index (κ1) is 8.80. The summed E-state index contributed by atoms with van der Waals surface area (Å²) >= 11 is 0. The first-order valence-corrected chi connectivity index (χ1v) is 5.14. The molecule has 1 aliphatic heterocycles. The van der Waals surface area contributed by atoms with E-state index < -0.39 is 10.8 Å². The third kappa shape index (κ3) is 2.07. The van der Waals surface area contributed by atoms with Crippen molar-refractivity contribution in [2.24, 2.45) is 16.8 Å². The maximum atomic E-state index is 11.0. The summed E-state index contributed by atoms with van der Waals surface area (Å²) in [6.07, 6.45) is 0.777. The Morgan fingerprint density at radius 1 is 1.64 bits per heavy atom. The van der Waals surface area contributed by atoms with Gasteiger partial charge in [0.1, 0.15) is 6.04 Å². The molecular formula is C6H12N2O2S. The molecule has 0 spiro atoms. The molecule has 3 atom stereocenters. The second kappa shape index (κ2) is 3.92. The Morgan fingerprint density at radius 2 is 2.36 bits per heavy atom. The molecule has 0 aliphatic carbocycles. The van der Waals surface area contributed by atoms with Crippen LogP contribution in [0.15, 0.2) is 5.18 Å². The summed E-state index contributed by atoms with van der Waals surface area (Å²) in [5.41, 5.74) is 5.42. The van der Waals surface area contributed by atoms with Gasteiger partial charge in [0.2, 0.25) is 0 Å². The largest absolute Gasteiger partial charge is 0.330 e. The normalized spacial score (nSPS) is 38.5. The zero-order valence-corrected chi connectivity index (χ0v) is 7.05. The number of nitrogens with two attached hydrogens (primary N) is 1. The highest BCUT2D eigenvalue weighted by molar-refractivity contribution is 7.85. The van der Waals surface area contributed by atoms with E-state index in [1.165, 1.54) is 0 Å². The van der Waals surface area contributed by atoms with Crippen molar-refractivity contribution in [2.45, 2.75) is 12.5 Å². The first-order chi connectivity index (χ1) is 5.27. The summed E-state index contributed by atoms with van der Waals surface area (Å²) in [6.45, 7) is 0.480. The lowest BCUT2D eigenvalue weighted by Crippen LogP contribution is -2.36. The van der Waals surface area contributed by atoms with Crippen molar-refractivity contribution in [3.63, 3.8) is 0 Å². The summed E-state index contributed by atoms with van der Waals surface area (Å²) in [4.78, 5) is 10.2. The van der Waals surface area contributed by atoms with Crippen LogP contribution < -0.4 is 5.73 Å². The van der Waals surface area contributed by atoms with Gasteiger partial charge in [0, 0.05) is 22.3 Å². The average Bonchev–Trinajstić information content (AvgIpc) is 2.04. The van der Waals surface area contributed by atoms with Gasteiger partial charge >= 0.3 is 0 Å². The molecule has 11 heavy (non-hydrogen) atoms. The SMILES string of the molecule is NCC1CCS(=O)CC1N=O. The fourth-order valence-electron chi connectivity index (χ4n) is 1.28. The van der Waals surface area contributed by atoms with Crippen LogP contribution in [-0.4, -0.2) is 28.3 Å². The molecule has 3 unspecified atom stereocenters. The molecule has 0 amide bonds. The Balaban J connectivity index is 2.54. The van der Waals surface area contributed by atoms with Gasteiger partial charge in [-0.05, 0) is 18.9 Å². The Labute approximate surface area is 68.0 Å². The number of hydrogen-bond acceptors (Lipinski definition) is 4. The molecule has 0 aromatic rings. The van der Waals surface area contributed by atoms with Crippen LogP contribution in [0.4, 0.5) is 0 Å². The van der Waals surface area contributed by atoms with Gasteiger partial charge in [0.25, 0.3) is 0 Å². The first-order valence-electron chi connectivity index (χ1n) is 3.65. The van der Waals surface area contributed by atoms with Gasteiger partial charge in [0.05, 0.1) is 0 Å². The monoisotopic (exact) mass is 176 g/mol. The molecule has 0 bridgehead atoms. The molecule has 1 saturated heterocycles. The third-order valence-electron chi connectivity index (χ3n) is 2.06. The smallest absolute Gasteiger partial charge is 0.107 e. The van der Waals surface area contributed by atoms with Crippen LogP contribution in [0.25, 0.3) is 0 Å². The zero-order valence-electron chi connectivity index (χ0n) is 6.23. The Hall–Kier alpha value is -0.290. The molecule has 0 aromatic heterocycles. The van der Waals surface area contributed by atoms with Gasteiger partial charge in [-0.15, -0.1) is 0 Å². The maximum Gasteiger partial charge on any atom is 0.107 e. The summed E-state index contributed by atoms with van der Waals surface area (Å²) in [6, 6.07) is -0.311. The van der Waals surface area contributed by atoms with Gasteiger partial charge in [0.15, 0.2) is 0 Å². The number of hydrogen-bond donors (Lipinski definition) is 1. The molecule has 0 aromatic carbocycles. The van der Waals surface area contributed by atoms with E-state index in [-0.39, 0.29) is 12.0 Å². The quantitative estimate of drug-likeness (QED) is 0.595. The molecule has 1 rings (SSSR count). The van der Waals surface area contributed by atoms with E-state index in [0.29, 0.717) is 18.1 Å². The van der Waals surface area contributed by atoms with Crippen LogP contribution in [0, 0.1) is 10.8 Å². The lowest BCUT2D eigenvalue weighted by Gasteiger charge is -2.24. The average molecular weight is 176 g/mol. The van der Waals surface area contributed by atoms with E-state index in [0.717, 1.165) is 6.42 Å². The fraction of sp³-hybridized carbons (Fsp3) is 1.00. The summed E-state index contributed by atoms with van der Waals surface area (Å²) < 4.78 is 11.0. The van der Waals surface area contributed by atoms with E-state index in [9.17, 15) is 9.12 Å². The van der Waals surface area contributed by atoms with Crippen molar-refractivity contribution < 1.29 is 4.21 Å². The molecule has 1 fully saturated rings. The van der Waals surface area contributed by atoms with Crippen LogP contribution in [0.2, 0.25) is 0 Å². The highest BCUT2D eigenvalue weighted by Gasteiger charge is 2.28. The van der Waals surface area contributed by atoms with E-state index in [4.69, 9.17) is 5.73 Å². The fourth-order valence-corrected chi connectivity index (χ4v) is 2.72. The zero-order chi connectivity index (χ0) is 8.27. The second-order valence-corrected chi connectivity index (χ2v) is 4.39. The topological polar surface area (TPSA) is 72.5 Å². The molecule has 5 heteroatoms. The number of nitrogens with zero attached hydrogens (tertiary/aromatic N) is 1. The highest BCUT2D eigenvalue weighted by Crippen LogP contribution is 2.18. The van der Waals surface area contributed by atoms with Gasteiger partial charge in [-0.25, -0.2) is 0 Å². The maximum absolute atomic E-state index is 11.0. The van der Waals surface area contributed by atoms with E-state index in [1.54, 1.807) is 0 Å². The van der Waals surface area contributed by atoms with Crippen LogP contribution in [0.1, 0.15) is 6.42 Å². The molecular weight excluding hydrogens is 164 g/mol. The van der Waals surface area contributed by atoms with Gasteiger partial charge in [-0.3, -0.25) is 4.21 Å². The third-order valence-corrected chi connectivity index (χ3v) is 3.46. The predicted molar refractivity (Wildman–Crippen MR) is 44.6 cm³/mol. The molecule has 0 radical (unpaired) electrons. The second-order valence-electron chi connectivity index (χ2n) is 2.77. The molecule has 1 aliphatic rings. The van der Waals surface area contributed by atoms with E-state index >= 15 is 0 Å². The minimum atomic E-state index is -0.842. The van der Waals surface area contributed by atoms with Gasteiger partial charge < -0.3 is 5.73 Å². The van der Waals surface area contributed by atoms with Crippen molar-refractivity contribution in [3.8, 4) is 0 Å². The number of rotatable bonds is 2. The molecule has 64 valence electrons. The van der Waals surface area contributed by atoms with Crippen LogP contribution >= 0.6 is 0 Å². The Morgan fingerprint density at radius 3 is 2.91 bits per heavy atom. The van der Waals surface area contributed by atoms with Crippen molar-refractivity contribution in [3.05, 3.63) is 4.91 Å². The van der Waals surface area contributed by atoms with Crippen molar-refractivity contribution in [2.75, 3.05) is 18.1 Å². The molecule has 0 saturated carbocycles. The summed E-state index contributed by atoms with van der Waals surface area (Å²) in [7, 11) is -0.842. The lowest BCUT2D eigenvalue weighted by molar-refractivity contribution is 0.430. The van der Waals surface area contributed by atoms with Crippen molar-refractivity contribution in [1.29, 1.82) is 0 Å².